The van der Waals surface area contributed by atoms with Crippen molar-refractivity contribution in [2.75, 3.05) is 5.32 Å². The van der Waals surface area contributed by atoms with E-state index < -0.39 is 12.7 Å². The molecule has 0 radical (unpaired) electrons. The second-order valence-electron chi connectivity index (χ2n) is 6.91. The van der Waals surface area contributed by atoms with Crippen molar-refractivity contribution in [3.05, 3.63) is 81.2 Å². The largest absolute Gasteiger partial charge is 0.434 e. The molecule has 1 unspecified atom stereocenters. The first-order valence-electron chi connectivity index (χ1n) is 9.81. The predicted octanol–water partition coefficient (Wildman–Crippen LogP) is 6.44. The maximum atomic E-state index is 12.9. The van der Waals surface area contributed by atoms with Crippen LogP contribution in [-0.4, -0.2) is 18.4 Å². The standard InChI is InChI=1S/C23H21ClF2N2O3S/c1-3-17(15-9-5-7-11-18(15)31-23(25)26)27-22(30)20-13(2)12-19(32-20)28-21(29)14-8-4-6-10-16(14)24/h4-12,17,23H,3H2,1-2H3,(H,27,30)(H,28,29). The van der Waals surface area contributed by atoms with Crippen LogP contribution < -0.4 is 15.4 Å². The lowest BCUT2D eigenvalue weighted by Crippen LogP contribution is -2.28. The predicted molar refractivity (Wildman–Crippen MR) is 122 cm³/mol. The van der Waals surface area contributed by atoms with E-state index in [0.29, 0.717) is 38.0 Å². The van der Waals surface area contributed by atoms with Crippen molar-refractivity contribution in [3.63, 3.8) is 0 Å². The molecule has 0 aliphatic rings. The SMILES string of the molecule is CCC(NC(=O)c1sc(NC(=O)c2ccccc2Cl)cc1C)c1ccccc1OC(F)F. The van der Waals surface area contributed by atoms with Crippen molar-refractivity contribution in [3.8, 4) is 5.75 Å². The molecule has 2 amide bonds. The first-order valence-corrected chi connectivity index (χ1v) is 11.0. The summed E-state index contributed by atoms with van der Waals surface area (Å²) in [5, 5.41) is 6.45. The van der Waals surface area contributed by atoms with E-state index in [-0.39, 0.29) is 17.6 Å². The van der Waals surface area contributed by atoms with Gasteiger partial charge in [-0.15, -0.1) is 11.3 Å². The van der Waals surface area contributed by atoms with Crippen molar-refractivity contribution in [2.45, 2.75) is 32.9 Å². The van der Waals surface area contributed by atoms with Crippen molar-refractivity contribution >= 4 is 39.8 Å². The van der Waals surface area contributed by atoms with Crippen molar-refractivity contribution in [1.29, 1.82) is 0 Å². The van der Waals surface area contributed by atoms with Crippen molar-refractivity contribution in [2.24, 2.45) is 0 Å². The van der Waals surface area contributed by atoms with Gasteiger partial charge in [-0.25, -0.2) is 0 Å². The molecule has 0 spiro atoms. The lowest BCUT2D eigenvalue weighted by Gasteiger charge is -2.20. The fourth-order valence-corrected chi connectivity index (χ4v) is 4.38. The maximum absolute atomic E-state index is 12.9. The molecule has 0 saturated carbocycles. The Labute approximate surface area is 193 Å². The monoisotopic (exact) mass is 478 g/mol. The van der Waals surface area contributed by atoms with Crippen LogP contribution >= 0.6 is 22.9 Å². The van der Waals surface area contributed by atoms with Crippen molar-refractivity contribution in [1.82, 2.24) is 5.32 Å². The van der Waals surface area contributed by atoms with Gasteiger partial charge in [0.15, 0.2) is 0 Å². The molecular formula is C23H21ClF2N2O3S. The molecule has 2 aromatic carbocycles. The number of thiophene rings is 1. The molecule has 1 atom stereocenters. The zero-order valence-electron chi connectivity index (χ0n) is 17.3. The number of hydrogen-bond acceptors (Lipinski definition) is 4. The number of para-hydroxylation sites is 1. The zero-order chi connectivity index (χ0) is 23.3. The lowest BCUT2D eigenvalue weighted by molar-refractivity contribution is -0.0507. The summed E-state index contributed by atoms with van der Waals surface area (Å²) in [5.74, 6) is -0.733. The van der Waals surface area contributed by atoms with E-state index in [9.17, 15) is 18.4 Å². The van der Waals surface area contributed by atoms with Gasteiger partial charge in [-0.2, -0.15) is 8.78 Å². The Morgan fingerprint density at radius 1 is 1.09 bits per heavy atom. The molecule has 9 heteroatoms. The first kappa shape index (κ1) is 23.7. The highest BCUT2D eigenvalue weighted by molar-refractivity contribution is 7.18. The van der Waals surface area contributed by atoms with Crippen molar-refractivity contribution < 1.29 is 23.1 Å². The van der Waals surface area contributed by atoms with Crippen LogP contribution in [0, 0.1) is 6.92 Å². The van der Waals surface area contributed by atoms with Gasteiger partial charge in [-0.3, -0.25) is 9.59 Å². The van der Waals surface area contributed by atoms with E-state index in [1.165, 1.54) is 6.07 Å². The van der Waals surface area contributed by atoms with Gasteiger partial charge < -0.3 is 15.4 Å². The second kappa shape index (κ2) is 10.6. The summed E-state index contributed by atoms with van der Waals surface area (Å²) < 4.78 is 30.1. The molecule has 0 aliphatic carbocycles. The molecule has 168 valence electrons. The number of aryl methyl sites for hydroxylation is 1. The average molecular weight is 479 g/mol. The molecule has 3 aromatic rings. The quantitative estimate of drug-likeness (QED) is 0.391. The fourth-order valence-electron chi connectivity index (χ4n) is 3.19. The lowest BCUT2D eigenvalue weighted by atomic mass is 10.0. The summed E-state index contributed by atoms with van der Waals surface area (Å²) in [5.41, 5.74) is 1.46. The minimum absolute atomic E-state index is 0.0187. The number of hydrogen-bond donors (Lipinski definition) is 2. The van der Waals surface area contributed by atoms with Crippen LogP contribution in [0.25, 0.3) is 0 Å². The maximum Gasteiger partial charge on any atom is 0.387 e. The summed E-state index contributed by atoms with van der Waals surface area (Å²) in [6, 6.07) is 14.2. The van der Waals surface area contributed by atoms with E-state index in [1.54, 1.807) is 55.5 Å². The molecule has 1 heterocycles. The normalized spacial score (nSPS) is 11.8. The van der Waals surface area contributed by atoms with E-state index in [4.69, 9.17) is 11.6 Å². The van der Waals surface area contributed by atoms with Crippen LogP contribution in [0.3, 0.4) is 0 Å². The van der Waals surface area contributed by atoms with Crippen LogP contribution in [0.4, 0.5) is 13.8 Å². The van der Waals surface area contributed by atoms with E-state index in [1.807, 2.05) is 6.92 Å². The molecule has 1 aromatic heterocycles. The summed E-state index contributed by atoms with van der Waals surface area (Å²) in [6.45, 7) is 0.625. The molecule has 32 heavy (non-hydrogen) atoms. The Balaban J connectivity index is 1.76. The number of carbonyl (C=O) groups excluding carboxylic acids is 2. The Morgan fingerprint density at radius 2 is 1.78 bits per heavy atom. The average Bonchev–Trinajstić information content (AvgIpc) is 3.12. The zero-order valence-corrected chi connectivity index (χ0v) is 18.9. The fraction of sp³-hybridized carbons (Fsp3) is 0.217. The van der Waals surface area contributed by atoms with Gasteiger partial charge in [0.1, 0.15) is 5.75 Å². The van der Waals surface area contributed by atoms with Gasteiger partial charge in [0.2, 0.25) is 0 Å². The van der Waals surface area contributed by atoms with Gasteiger partial charge in [0, 0.05) is 5.56 Å². The molecule has 0 saturated heterocycles. The number of rotatable bonds is 8. The Hall–Kier alpha value is -2.97. The molecular weight excluding hydrogens is 458 g/mol. The van der Waals surface area contributed by atoms with Crippen LogP contribution in [0.5, 0.6) is 5.75 Å². The number of amides is 2. The minimum atomic E-state index is -2.96. The number of benzene rings is 2. The number of nitrogens with one attached hydrogen (secondary N) is 2. The molecule has 2 N–H and O–H groups in total. The highest BCUT2D eigenvalue weighted by Crippen LogP contribution is 2.31. The second-order valence-corrected chi connectivity index (χ2v) is 8.37. The summed E-state index contributed by atoms with van der Waals surface area (Å²) in [7, 11) is 0. The first-order chi connectivity index (χ1) is 15.3. The summed E-state index contributed by atoms with van der Waals surface area (Å²) in [6.07, 6.45) is 0.468. The number of ether oxygens (including phenoxy) is 1. The minimum Gasteiger partial charge on any atom is -0.434 e. The van der Waals surface area contributed by atoms with Crippen LogP contribution in [0.2, 0.25) is 5.02 Å². The topological polar surface area (TPSA) is 67.4 Å². The van der Waals surface area contributed by atoms with Gasteiger partial charge in [0.05, 0.1) is 26.5 Å². The summed E-state index contributed by atoms with van der Waals surface area (Å²) >= 11 is 7.19. The smallest absolute Gasteiger partial charge is 0.387 e. The van der Waals surface area contributed by atoms with Crippen LogP contribution in [-0.2, 0) is 0 Å². The van der Waals surface area contributed by atoms with E-state index >= 15 is 0 Å². The molecule has 0 fully saturated rings. The van der Waals surface area contributed by atoms with E-state index in [0.717, 1.165) is 11.3 Å². The van der Waals surface area contributed by atoms with Gasteiger partial charge >= 0.3 is 6.61 Å². The third-order valence-corrected chi connectivity index (χ3v) is 6.18. The molecule has 0 bridgehead atoms. The third kappa shape index (κ3) is 5.63. The van der Waals surface area contributed by atoms with E-state index in [2.05, 4.69) is 15.4 Å². The molecule has 3 rings (SSSR count). The van der Waals surface area contributed by atoms with Gasteiger partial charge in [-0.1, -0.05) is 48.9 Å². The Bertz CT molecular complexity index is 1120. The van der Waals surface area contributed by atoms with Gasteiger partial charge in [0.25, 0.3) is 11.8 Å². The number of halogens is 3. The van der Waals surface area contributed by atoms with Crippen LogP contribution in [0.15, 0.2) is 54.6 Å². The number of alkyl halides is 2. The Morgan fingerprint density at radius 3 is 2.47 bits per heavy atom. The van der Waals surface area contributed by atoms with Crippen LogP contribution in [0.1, 0.15) is 50.5 Å². The highest BCUT2D eigenvalue weighted by Gasteiger charge is 2.22. The Kier molecular flexibility index (Phi) is 7.82. The number of carbonyl (C=O) groups is 2. The van der Waals surface area contributed by atoms with Gasteiger partial charge in [-0.05, 0) is 43.2 Å². The number of anilines is 1. The third-order valence-electron chi connectivity index (χ3n) is 4.70. The molecule has 0 aliphatic heterocycles. The molecule has 5 nitrogen and oxygen atoms in total. The summed E-state index contributed by atoms with van der Waals surface area (Å²) in [4.78, 5) is 25.8. The highest BCUT2D eigenvalue weighted by atomic mass is 35.5.